The molecule has 0 saturated heterocycles. The number of carboxylic acids is 2. The van der Waals surface area contributed by atoms with Crippen LogP contribution in [0.5, 0.6) is 0 Å². The van der Waals surface area contributed by atoms with Crippen LogP contribution in [0.2, 0.25) is 0 Å². The zero-order chi connectivity index (χ0) is 23.4. The van der Waals surface area contributed by atoms with Crippen molar-refractivity contribution in [3.8, 4) is 0 Å². The zero-order valence-electron chi connectivity index (χ0n) is 17.5. The standard InChI is InChI=1S/C21H22N4O6S/c1-11-22-14-4-3-12(9-13(14)19(28)23-11)10-25(2)17-7-6-16(32-17)20(29)24-15(21(30)31)5-8-18(26)27/h3,6-7,9,15H,4-5,8,10H2,1-2H3,(H,24,29)(H,26,27)(H,30,31)/t15-/m0/s1. The number of carbonyl (C=O) groups is 4. The number of likely N-dealkylation sites (N-methyl/N-ethyl adjacent to an activating group) is 1. The van der Waals surface area contributed by atoms with Crippen LogP contribution in [0.15, 0.2) is 45.4 Å². The predicted octanol–water partition coefficient (Wildman–Crippen LogP) is 1.89. The third-order valence-corrected chi connectivity index (χ3v) is 6.05. The van der Waals surface area contributed by atoms with Gasteiger partial charge in [-0.2, -0.15) is 4.99 Å². The first kappa shape index (κ1) is 23.1. The van der Waals surface area contributed by atoms with Gasteiger partial charge in [-0.25, -0.2) is 9.79 Å². The number of aliphatic carboxylic acids is 2. The molecule has 0 radical (unpaired) electrons. The number of carbonyl (C=O) groups excluding carboxylic acids is 2. The van der Waals surface area contributed by atoms with Crippen molar-refractivity contribution in [2.75, 3.05) is 18.5 Å². The molecule has 1 aliphatic carbocycles. The van der Waals surface area contributed by atoms with Crippen LogP contribution in [0, 0.1) is 0 Å². The minimum Gasteiger partial charge on any atom is -0.481 e. The van der Waals surface area contributed by atoms with E-state index in [0.717, 1.165) is 10.6 Å². The summed E-state index contributed by atoms with van der Waals surface area (Å²) >= 11 is 1.18. The first-order chi connectivity index (χ1) is 15.1. The third kappa shape index (κ3) is 5.55. The highest BCUT2D eigenvalue weighted by Gasteiger charge is 2.25. The monoisotopic (exact) mass is 458 g/mol. The van der Waals surface area contributed by atoms with Crippen LogP contribution < -0.4 is 10.2 Å². The lowest BCUT2D eigenvalue weighted by molar-refractivity contribution is -0.140. The van der Waals surface area contributed by atoms with E-state index in [4.69, 9.17) is 5.11 Å². The smallest absolute Gasteiger partial charge is 0.326 e. The number of hydrogen-bond donors (Lipinski definition) is 3. The normalized spacial score (nSPS) is 16.1. The summed E-state index contributed by atoms with van der Waals surface area (Å²) in [5.74, 6) is -2.84. The van der Waals surface area contributed by atoms with Crippen LogP contribution in [0.3, 0.4) is 0 Å². The lowest BCUT2D eigenvalue weighted by atomic mass is 9.95. The van der Waals surface area contributed by atoms with Crippen molar-refractivity contribution in [2.45, 2.75) is 32.2 Å². The number of fused-ring (bicyclic) bond motifs is 1. The van der Waals surface area contributed by atoms with Crippen molar-refractivity contribution < 1.29 is 29.4 Å². The van der Waals surface area contributed by atoms with E-state index in [2.05, 4.69) is 15.3 Å². The van der Waals surface area contributed by atoms with Gasteiger partial charge in [-0.05, 0) is 37.1 Å². The van der Waals surface area contributed by atoms with Gasteiger partial charge in [0.2, 0.25) is 0 Å². The first-order valence-electron chi connectivity index (χ1n) is 9.78. The molecule has 1 atom stereocenters. The Labute approximate surface area is 187 Å². The summed E-state index contributed by atoms with van der Waals surface area (Å²) in [5.41, 5.74) is 2.12. The van der Waals surface area contributed by atoms with Gasteiger partial charge in [0.15, 0.2) is 0 Å². The van der Waals surface area contributed by atoms with Crippen LogP contribution in [0.4, 0.5) is 5.00 Å². The van der Waals surface area contributed by atoms with Gasteiger partial charge in [0.25, 0.3) is 11.8 Å². The number of nitrogens with zero attached hydrogens (tertiary/aromatic N) is 3. The second-order valence-corrected chi connectivity index (χ2v) is 8.42. The van der Waals surface area contributed by atoms with Crippen molar-refractivity contribution in [2.24, 2.45) is 9.98 Å². The Bertz CT molecular complexity index is 1100. The Morgan fingerprint density at radius 3 is 2.69 bits per heavy atom. The van der Waals surface area contributed by atoms with Gasteiger partial charge in [-0.1, -0.05) is 6.08 Å². The molecule has 0 bridgehead atoms. The molecule has 1 aromatic heterocycles. The molecular formula is C21H22N4O6S. The average Bonchev–Trinajstić information content (AvgIpc) is 3.21. The number of rotatable bonds is 9. The van der Waals surface area contributed by atoms with Crippen LogP contribution >= 0.6 is 11.3 Å². The molecule has 3 rings (SSSR count). The third-order valence-electron chi connectivity index (χ3n) is 4.85. The summed E-state index contributed by atoms with van der Waals surface area (Å²) in [6, 6.07) is 2.05. The number of hydrogen-bond acceptors (Lipinski definition) is 7. The largest absolute Gasteiger partial charge is 0.481 e. The number of aliphatic imine (C=N–C) groups is 2. The van der Waals surface area contributed by atoms with E-state index in [1.165, 1.54) is 11.3 Å². The second-order valence-electron chi connectivity index (χ2n) is 7.35. The SMILES string of the molecule is CC1=NC(=O)C2=CC(CN(C)c3ccc(C(=O)N[C@@H](CCC(=O)O)C(=O)O)s3)=CCC2=N1. The van der Waals surface area contributed by atoms with E-state index in [-0.39, 0.29) is 18.7 Å². The van der Waals surface area contributed by atoms with Gasteiger partial charge in [0, 0.05) is 26.4 Å². The number of allylic oxidation sites excluding steroid dienone is 1. The Balaban J connectivity index is 1.63. The van der Waals surface area contributed by atoms with Crippen LogP contribution in [-0.4, -0.2) is 65.1 Å². The second kappa shape index (κ2) is 9.69. The van der Waals surface area contributed by atoms with Crippen molar-refractivity contribution >= 4 is 51.6 Å². The highest BCUT2D eigenvalue weighted by molar-refractivity contribution is 7.18. The van der Waals surface area contributed by atoms with E-state index in [0.29, 0.717) is 35.0 Å². The van der Waals surface area contributed by atoms with Crippen molar-refractivity contribution in [3.63, 3.8) is 0 Å². The molecule has 2 aliphatic rings. The van der Waals surface area contributed by atoms with Gasteiger partial charge in [0.1, 0.15) is 11.9 Å². The fraction of sp³-hybridized carbons (Fsp3) is 0.333. The molecular weight excluding hydrogens is 436 g/mol. The predicted molar refractivity (Wildman–Crippen MR) is 120 cm³/mol. The molecule has 3 N–H and O–H groups in total. The maximum absolute atomic E-state index is 12.4. The lowest BCUT2D eigenvalue weighted by Gasteiger charge is -2.22. The number of amidine groups is 1. The fourth-order valence-electron chi connectivity index (χ4n) is 3.26. The zero-order valence-corrected chi connectivity index (χ0v) is 18.3. The van der Waals surface area contributed by atoms with Gasteiger partial charge < -0.3 is 20.4 Å². The topological polar surface area (TPSA) is 149 Å². The van der Waals surface area contributed by atoms with Crippen LogP contribution in [0.25, 0.3) is 0 Å². The highest BCUT2D eigenvalue weighted by atomic mass is 32.1. The molecule has 1 aromatic rings. The van der Waals surface area contributed by atoms with Gasteiger partial charge in [0.05, 0.1) is 21.2 Å². The summed E-state index contributed by atoms with van der Waals surface area (Å²) in [6.45, 7) is 2.18. The van der Waals surface area contributed by atoms with Gasteiger partial charge in [-0.15, -0.1) is 11.3 Å². The van der Waals surface area contributed by atoms with Gasteiger partial charge in [-0.3, -0.25) is 14.4 Å². The molecule has 32 heavy (non-hydrogen) atoms. The lowest BCUT2D eigenvalue weighted by Crippen LogP contribution is -2.40. The number of nitrogens with one attached hydrogen (secondary N) is 1. The molecule has 0 unspecified atom stereocenters. The summed E-state index contributed by atoms with van der Waals surface area (Å²) < 4.78 is 0. The maximum Gasteiger partial charge on any atom is 0.326 e. The summed E-state index contributed by atoms with van der Waals surface area (Å²) in [7, 11) is 1.84. The molecule has 10 nitrogen and oxygen atoms in total. The number of carboxylic acid groups (broad SMARTS) is 2. The summed E-state index contributed by atoms with van der Waals surface area (Å²) in [5, 5.41) is 21.1. The molecule has 2 heterocycles. The van der Waals surface area contributed by atoms with Gasteiger partial charge >= 0.3 is 11.9 Å². The van der Waals surface area contributed by atoms with Crippen molar-refractivity contribution in [1.82, 2.24) is 5.32 Å². The molecule has 0 fully saturated rings. The van der Waals surface area contributed by atoms with E-state index in [9.17, 15) is 24.3 Å². The fourth-order valence-corrected chi connectivity index (χ4v) is 4.12. The molecule has 11 heteroatoms. The Hall–Kier alpha value is -3.60. The molecule has 168 valence electrons. The molecule has 0 spiro atoms. The Kier molecular flexibility index (Phi) is 6.98. The molecule has 1 aliphatic heterocycles. The van der Waals surface area contributed by atoms with E-state index in [1.807, 2.05) is 18.0 Å². The highest BCUT2D eigenvalue weighted by Crippen LogP contribution is 2.27. The summed E-state index contributed by atoms with van der Waals surface area (Å²) in [4.78, 5) is 57.0. The number of amides is 2. The molecule has 2 amide bonds. The van der Waals surface area contributed by atoms with E-state index in [1.54, 1.807) is 25.1 Å². The van der Waals surface area contributed by atoms with E-state index < -0.39 is 23.9 Å². The maximum atomic E-state index is 12.4. The minimum absolute atomic E-state index is 0.203. The average molecular weight is 458 g/mol. The summed E-state index contributed by atoms with van der Waals surface area (Å²) in [6.07, 6.45) is 3.74. The Morgan fingerprint density at radius 1 is 1.25 bits per heavy atom. The van der Waals surface area contributed by atoms with Crippen molar-refractivity contribution in [3.05, 3.63) is 40.3 Å². The van der Waals surface area contributed by atoms with E-state index >= 15 is 0 Å². The number of anilines is 1. The molecule has 0 saturated carbocycles. The minimum atomic E-state index is -1.29. The van der Waals surface area contributed by atoms with Crippen LogP contribution in [0.1, 0.15) is 35.9 Å². The van der Waals surface area contributed by atoms with Crippen molar-refractivity contribution in [1.29, 1.82) is 0 Å². The Morgan fingerprint density at radius 2 is 2.00 bits per heavy atom. The quantitative estimate of drug-likeness (QED) is 0.511. The molecule has 0 aromatic carbocycles. The first-order valence-corrected chi connectivity index (χ1v) is 10.6. The van der Waals surface area contributed by atoms with Crippen LogP contribution in [-0.2, 0) is 14.4 Å². The number of thiophene rings is 1.